The number of carbonyl (C=O) groups is 2. The van der Waals surface area contributed by atoms with Gasteiger partial charge in [0.1, 0.15) is 11.7 Å². The Hall–Kier alpha value is -1.95. The van der Waals surface area contributed by atoms with Gasteiger partial charge in [-0.3, -0.25) is 4.79 Å². The predicted molar refractivity (Wildman–Crippen MR) is 102 cm³/mol. The second-order valence-corrected chi connectivity index (χ2v) is 8.74. The fraction of sp³-hybridized carbons (Fsp3) is 0.579. The number of likely N-dealkylation sites (N-methyl/N-ethyl adjacent to an activating group) is 1. The lowest BCUT2D eigenvalue weighted by Gasteiger charge is -2.47. The summed E-state index contributed by atoms with van der Waals surface area (Å²) in [5.74, 6) is 0.0578. The summed E-state index contributed by atoms with van der Waals surface area (Å²) in [5.41, 5.74) is -0.0114. The molecule has 2 aliphatic heterocycles. The summed E-state index contributed by atoms with van der Waals surface area (Å²) in [4.78, 5) is 30.1. The lowest BCUT2D eigenvalue weighted by atomic mass is 9.84. The van der Waals surface area contributed by atoms with Crippen molar-refractivity contribution in [3.63, 3.8) is 0 Å². The molecule has 2 heterocycles. The summed E-state index contributed by atoms with van der Waals surface area (Å²) in [6, 6.07) is 7.57. The summed E-state index contributed by atoms with van der Waals surface area (Å²) in [6.45, 7) is 7.05. The maximum Gasteiger partial charge on any atom is 0.407 e. The molecule has 26 heavy (non-hydrogen) atoms. The molecule has 7 heteroatoms. The van der Waals surface area contributed by atoms with Gasteiger partial charge in [0, 0.05) is 36.3 Å². The molecular formula is C19H26ClN3O3. The summed E-state index contributed by atoms with van der Waals surface area (Å²) in [6.07, 6.45) is -0.117. The van der Waals surface area contributed by atoms with Crippen LogP contribution < -0.4 is 4.90 Å². The molecule has 1 aromatic carbocycles. The van der Waals surface area contributed by atoms with E-state index in [1.54, 1.807) is 0 Å². The molecule has 1 spiro atoms. The fourth-order valence-corrected chi connectivity index (χ4v) is 4.64. The molecule has 1 aromatic rings. The smallest absolute Gasteiger partial charge is 0.407 e. The van der Waals surface area contributed by atoms with Gasteiger partial charge in [-0.15, -0.1) is 0 Å². The van der Waals surface area contributed by atoms with Crippen molar-refractivity contribution in [3.8, 4) is 0 Å². The Morgan fingerprint density at radius 2 is 1.88 bits per heavy atom. The lowest BCUT2D eigenvalue weighted by Crippen LogP contribution is -2.59. The molecule has 1 unspecified atom stereocenters. The summed E-state index contributed by atoms with van der Waals surface area (Å²) in [7, 11) is 1.84. The van der Waals surface area contributed by atoms with Crippen LogP contribution in [0.3, 0.4) is 0 Å². The molecule has 2 aliphatic rings. The molecule has 0 saturated carbocycles. The average Bonchev–Trinajstić information content (AvgIpc) is 2.77. The summed E-state index contributed by atoms with van der Waals surface area (Å²) in [5, 5.41) is 9.91. The predicted octanol–water partition coefficient (Wildman–Crippen LogP) is 3.50. The Morgan fingerprint density at radius 1 is 1.27 bits per heavy atom. The van der Waals surface area contributed by atoms with Gasteiger partial charge in [0.05, 0.1) is 0 Å². The van der Waals surface area contributed by atoms with Crippen LogP contribution in [0.4, 0.5) is 10.5 Å². The highest BCUT2D eigenvalue weighted by Crippen LogP contribution is 2.47. The highest BCUT2D eigenvalue weighted by molar-refractivity contribution is 6.30. The minimum Gasteiger partial charge on any atom is -0.465 e. The average molecular weight is 380 g/mol. The number of anilines is 1. The SMILES string of the molecule is CN1C(=O)C2(CCN(C(=O)O)CC2)N(c2cccc(Cl)c2)C1C(C)(C)C. The molecule has 0 radical (unpaired) electrons. The topological polar surface area (TPSA) is 64.1 Å². The Labute approximate surface area is 159 Å². The highest BCUT2D eigenvalue weighted by Gasteiger charge is 2.59. The van der Waals surface area contributed by atoms with Gasteiger partial charge in [-0.1, -0.05) is 38.4 Å². The number of amides is 2. The summed E-state index contributed by atoms with van der Waals surface area (Å²) < 4.78 is 0. The van der Waals surface area contributed by atoms with Crippen LogP contribution in [0, 0.1) is 5.41 Å². The van der Waals surface area contributed by atoms with Gasteiger partial charge in [0.15, 0.2) is 0 Å². The van der Waals surface area contributed by atoms with E-state index < -0.39 is 11.6 Å². The zero-order chi connectivity index (χ0) is 19.3. The molecule has 1 atom stereocenters. The molecule has 0 aliphatic carbocycles. The quantitative estimate of drug-likeness (QED) is 0.811. The van der Waals surface area contributed by atoms with E-state index in [-0.39, 0.29) is 17.5 Å². The number of halogens is 1. The molecule has 0 aromatic heterocycles. The van der Waals surface area contributed by atoms with E-state index in [1.807, 2.05) is 36.2 Å². The molecule has 3 rings (SSSR count). The van der Waals surface area contributed by atoms with E-state index in [9.17, 15) is 14.7 Å². The van der Waals surface area contributed by atoms with Gasteiger partial charge in [0.2, 0.25) is 5.91 Å². The van der Waals surface area contributed by atoms with E-state index in [2.05, 4.69) is 25.7 Å². The minimum absolute atomic E-state index is 0.0578. The number of hydrogen-bond acceptors (Lipinski definition) is 3. The fourth-order valence-electron chi connectivity index (χ4n) is 4.45. The third-order valence-corrected chi connectivity index (χ3v) is 5.75. The molecule has 2 saturated heterocycles. The van der Waals surface area contributed by atoms with Crippen LogP contribution in [-0.4, -0.2) is 58.7 Å². The normalized spacial score (nSPS) is 23.0. The van der Waals surface area contributed by atoms with Crippen LogP contribution in [0.1, 0.15) is 33.6 Å². The van der Waals surface area contributed by atoms with Crippen molar-refractivity contribution in [2.45, 2.75) is 45.3 Å². The Morgan fingerprint density at radius 3 is 2.38 bits per heavy atom. The van der Waals surface area contributed by atoms with Crippen molar-refractivity contribution in [1.29, 1.82) is 0 Å². The van der Waals surface area contributed by atoms with Gasteiger partial charge in [-0.05, 0) is 31.0 Å². The van der Waals surface area contributed by atoms with Gasteiger partial charge in [-0.2, -0.15) is 0 Å². The summed E-state index contributed by atoms with van der Waals surface area (Å²) >= 11 is 6.24. The number of hydrogen-bond donors (Lipinski definition) is 1. The molecular weight excluding hydrogens is 354 g/mol. The van der Waals surface area contributed by atoms with Crippen LogP contribution in [0.2, 0.25) is 5.02 Å². The number of piperidine rings is 1. The number of carboxylic acid groups (broad SMARTS) is 1. The molecule has 142 valence electrons. The van der Waals surface area contributed by atoms with Gasteiger partial charge < -0.3 is 19.8 Å². The third-order valence-electron chi connectivity index (χ3n) is 5.51. The molecule has 0 bridgehead atoms. The first-order chi connectivity index (χ1) is 12.1. The molecule has 2 amide bonds. The standard InChI is InChI=1S/C19H26ClN3O3/c1-18(2,3)15-21(4)16(24)19(8-10-22(11-9-19)17(25)26)23(15)14-7-5-6-13(20)12-14/h5-7,12,15H,8-11H2,1-4H3,(H,25,26). The minimum atomic E-state index is -0.930. The van der Waals surface area contributed by atoms with Gasteiger partial charge in [0.25, 0.3) is 0 Å². The first-order valence-electron chi connectivity index (χ1n) is 8.88. The van der Waals surface area contributed by atoms with Crippen molar-refractivity contribution in [2.24, 2.45) is 5.41 Å². The van der Waals surface area contributed by atoms with Crippen LogP contribution in [0.25, 0.3) is 0 Å². The Bertz CT molecular complexity index is 723. The van der Waals surface area contributed by atoms with Crippen LogP contribution in [0.5, 0.6) is 0 Å². The highest BCUT2D eigenvalue weighted by atomic mass is 35.5. The second kappa shape index (κ2) is 6.34. The zero-order valence-electron chi connectivity index (χ0n) is 15.7. The van der Waals surface area contributed by atoms with Crippen molar-refractivity contribution in [1.82, 2.24) is 9.80 Å². The van der Waals surface area contributed by atoms with Crippen molar-refractivity contribution < 1.29 is 14.7 Å². The first kappa shape index (κ1) is 18.8. The van der Waals surface area contributed by atoms with E-state index in [4.69, 9.17) is 11.6 Å². The molecule has 1 N–H and O–H groups in total. The Kier molecular flexibility index (Phi) is 4.59. The van der Waals surface area contributed by atoms with Crippen molar-refractivity contribution >= 4 is 29.3 Å². The lowest BCUT2D eigenvalue weighted by molar-refractivity contribution is -0.134. The second-order valence-electron chi connectivity index (χ2n) is 8.31. The van der Waals surface area contributed by atoms with Gasteiger partial charge in [-0.25, -0.2) is 4.79 Å². The number of likely N-dealkylation sites (tertiary alicyclic amines) is 1. The number of rotatable bonds is 1. The van der Waals surface area contributed by atoms with Crippen LogP contribution in [-0.2, 0) is 4.79 Å². The zero-order valence-corrected chi connectivity index (χ0v) is 16.5. The van der Waals surface area contributed by atoms with Crippen LogP contribution >= 0.6 is 11.6 Å². The van der Waals surface area contributed by atoms with E-state index in [0.717, 1.165) is 5.69 Å². The van der Waals surface area contributed by atoms with E-state index in [1.165, 1.54) is 4.90 Å². The largest absolute Gasteiger partial charge is 0.465 e. The van der Waals surface area contributed by atoms with Crippen molar-refractivity contribution in [3.05, 3.63) is 29.3 Å². The van der Waals surface area contributed by atoms with Gasteiger partial charge >= 0.3 is 6.09 Å². The number of carbonyl (C=O) groups excluding carboxylic acids is 1. The molecule has 6 nitrogen and oxygen atoms in total. The Balaban J connectivity index is 2.09. The maximum absolute atomic E-state index is 13.4. The van der Waals surface area contributed by atoms with Crippen LogP contribution in [0.15, 0.2) is 24.3 Å². The van der Waals surface area contributed by atoms with E-state index in [0.29, 0.717) is 31.0 Å². The van der Waals surface area contributed by atoms with Crippen molar-refractivity contribution in [2.75, 3.05) is 25.0 Å². The first-order valence-corrected chi connectivity index (χ1v) is 9.26. The van der Waals surface area contributed by atoms with E-state index >= 15 is 0 Å². The number of nitrogens with zero attached hydrogens (tertiary/aromatic N) is 3. The molecule has 2 fully saturated rings. The maximum atomic E-state index is 13.4. The monoisotopic (exact) mass is 379 g/mol. The third kappa shape index (κ3) is 2.90. The number of benzene rings is 1.